The van der Waals surface area contributed by atoms with E-state index >= 15 is 0 Å². The molecule has 4 heteroatoms. The number of nitrogens with two attached hydrogens (primary N) is 1. The Kier molecular flexibility index (Phi) is 1.25. The van der Waals surface area contributed by atoms with Crippen LogP contribution < -0.4 is 5.73 Å². The van der Waals surface area contributed by atoms with Gasteiger partial charge in [-0.15, -0.1) is 0 Å². The van der Waals surface area contributed by atoms with E-state index in [4.69, 9.17) is 11.0 Å². The Morgan fingerprint density at radius 2 is 2.42 bits per heavy atom. The Morgan fingerprint density at radius 1 is 1.58 bits per heavy atom. The first-order valence-electron chi connectivity index (χ1n) is 3.44. The second-order valence-electron chi connectivity index (χ2n) is 2.41. The normalized spacial score (nSPS) is 9.92. The predicted molar refractivity (Wildman–Crippen MR) is 44.3 cm³/mol. The molecule has 0 bridgehead atoms. The number of hydrogen-bond donors (Lipinski definition) is 1. The molecule has 2 heterocycles. The van der Waals surface area contributed by atoms with Crippen LogP contribution in [0.4, 0.5) is 5.82 Å². The minimum absolute atomic E-state index is 0.536. The highest BCUT2D eigenvalue weighted by atomic mass is 15.1. The summed E-state index contributed by atoms with van der Waals surface area (Å²) in [6, 6.07) is 5.52. The van der Waals surface area contributed by atoms with Crippen molar-refractivity contribution < 1.29 is 0 Å². The van der Waals surface area contributed by atoms with E-state index in [1.807, 2.05) is 6.07 Å². The topological polar surface area (TPSA) is 67.1 Å². The highest BCUT2D eigenvalue weighted by Gasteiger charge is 2.02. The molecule has 0 aliphatic carbocycles. The molecule has 2 N–H and O–H groups in total. The van der Waals surface area contributed by atoms with Crippen LogP contribution in [0.5, 0.6) is 0 Å². The van der Waals surface area contributed by atoms with E-state index in [1.165, 1.54) is 6.20 Å². The van der Waals surface area contributed by atoms with Gasteiger partial charge in [-0.2, -0.15) is 5.26 Å². The van der Waals surface area contributed by atoms with Crippen LogP contribution in [0.3, 0.4) is 0 Å². The molecule has 12 heavy (non-hydrogen) atoms. The van der Waals surface area contributed by atoms with E-state index in [0.29, 0.717) is 17.0 Å². The summed E-state index contributed by atoms with van der Waals surface area (Å²) in [6.07, 6.45) is 3.31. The summed E-state index contributed by atoms with van der Waals surface area (Å²) in [7, 11) is 0. The number of anilines is 1. The fraction of sp³-hybridized carbons (Fsp3) is 0. The molecule has 2 rings (SSSR count). The number of imidazole rings is 1. The van der Waals surface area contributed by atoms with Gasteiger partial charge < -0.3 is 5.73 Å². The molecule has 0 aromatic carbocycles. The number of pyridine rings is 1. The maximum absolute atomic E-state index is 8.70. The third-order valence-corrected chi connectivity index (χ3v) is 1.68. The molecule has 0 saturated heterocycles. The third-order valence-electron chi connectivity index (χ3n) is 1.68. The summed E-state index contributed by atoms with van der Waals surface area (Å²) in [5, 5.41) is 8.70. The molecule has 2 aromatic heterocycles. The quantitative estimate of drug-likeness (QED) is 0.616. The van der Waals surface area contributed by atoms with Crippen LogP contribution in [0.15, 0.2) is 24.5 Å². The lowest BCUT2D eigenvalue weighted by Crippen LogP contribution is -1.92. The van der Waals surface area contributed by atoms with Gasteiger partial charge in [0.25, 0.3) is 0 Å². The largest absolute Gasteiger partial charge is 0.383 e. The number of nitrogen functional groups attached to an aromatic ring is 1. The summed E-state index contributed by atoms with van der Waals surface area (Å²) in [5.74, 6) is 0.544. The second kappa shape index (κ2) is 2.24. The zero-order valence-corrected chi connectivity index (χ0v) is 6.23. The highest BCUT2D eigenvalue weighted by Crippen LogP contribution is 2.11. The van der Waals surface area contributed by atoms with Gasteiger partial charge in [0.15, 0.2) is 5.65 Å². The number of fused-ring (bicyclic) bond motifs is 1. The Labute approximate surface area is 68.9 Å². The first kappa shape index (κ1) is 6.68. The van der Waals surface area contributed by atoms with Crippen LogP contribution in [0.2, 0.25) is 0 Å². The number of nitriles is 1. The fourth-order valence-corrected chi connectivity index (χ4v) is 1.12. The maximum atomic E-state index is 8.70. The van der Waals surface area contributed by atoms with E-state index in [1.54, 1.807) is 22.7 Å². The van der Waals surface area contributed by atoms with Crippen LogP contribution in [0.25, 0.3) is 5.65 Å². The monoisotopic (exact) mass is 158 g/mol. The van der Waals surface area contributed by atoms with Gasteiger partial charge in [0.2, 0.25) is 0 Å². The van der Waals surface area contributed by atoms with Crippen LogP contribution in [-0.4, -0.2) is 9.38 Å². The fourth-order valence-electron chi connectivity index (χ4n) is 1.12. The first-order valence-corrected chi connectivity index (χ1v) is 3.44. The van der Waals surface area contributed by atoms with E-state index in [-0.39, 0.29) is 0 Å². The molecule has 0 spiro atoms. The standard InChI is InChI=1S/C8H6N4/c9-4-6-2-1-3-12-7(10)5-11-8(6)12/h1-3,5H,10H2. The van der Waals surface area contributed by atoms with E-state index in [2.05, 4.69) is 4.98 Å². The van der Waals surface area contributed by atoms with Crippen LogP contribution in [0, 0.1) is 11.3 Å². The van der Waals surface area contributed by atoms with Crippen molar-refractivity contribution in [3.8, 4) is 6.07 Å². The van der Waals surface area contributed by atoms with Gasteiger partial charge in [0.1, 0.15) is 11.9 Å². The molecule has 0 saturated carbocycles. The van der Waals surface area contributed by atoms with E-state index < -0.39 is 0 Å². The van der Waals surface area contributed by atoms with Crippen molar-refractivity contribution in [2.45, 2.75) is 0 Å². The molecular formula is C8H6N4. The molecule has 0 unspecified atom stereocenters. The minimum Gasteiger partial charge on any atom is -0.383 e. The molecule has 0 amide bonds. The summed E-state index contributed by atoms with van der Waals surface area (Å²) in [4.78, 5) is 4.00. The van der Waals surface area contributed by atoms with Crippen molar-refractivity contribution in [3.05, 3.63) is 30.1 Å². The number of aromatic nitrogens is 2. The molecule has 0 radical (unpaired) electrons. The first-order chi connectivity index (χ1) is 5.83. The average Bonchev–Trinajstić information content (AvgIpc) is 2.48. The average molecular weight is 158 g/mol. The van der Waals surface area contributed by atoms with Gasteiger partial charge >= 0.3 is 0 Å². The zero-order valence-electron chi connectivity index (χ0n) is 6.23. The van der Waals surface area contributed by atoms with E-state index in [0.717, 1.165) is 0 Å². The Morgan fingerprint density at radius 3 is 3.17 bits per heavy atom. The van der Waals surface area contributed by atoms with Crippen molar-refractivity contribution in [1.29, 1.82) is 5.26 Å². The van der Waals surface area contributed by atoms with Crippen LogP contribution >= 0.6 is 0 Å². The molecule has 0 atom stereocenters. The highest BCUT2D eigenvalue weighted by molar-refractivity contribution is 5.58. The van der Waals surface area contributed by atoms with Gasteiger partial charge in [-0.05, 0) is 12.1 Å². The molecule has 58 valence electrons. The number of nitrogens with zero attached hydrogens (tertiary/aromatic N) is 3. The van der Waals surface area contributed by atoms with Gasteiger partial charge in [-0.1, -0.05) is 0 Å². The Bertz CT molecular complexity index is 463. The minimum atomic E-state index is 0.536. The SMILES string of the molecule is N#Cc1cccn2c(N)cnc12. The molecular weight excluding hydrogens is 152 g/mol. The summed E-state index contributed by atoms with van der Waals surface area (Å²) >= 11 is 0. The van der Waals surface area contributed by atoms with Gasteiger partial charge in [0, 0.05) is 6.20 Å². The zero-order chi connectivity index (χ0) is 8.55. The molecule has 2 aromatic rings. The lowest BCUT2D eigenvalue weighted by Gasteiger charge is -1.95. The molecule has 4 nitrogen and oxygen atoms in total. The predicted octanol–water partition coefficient (Wildman–Crippen LogP) is 0.788. The van der Waals surface area contributed by atoms with Crippen molar-refractivity contribution in [1.82, 2.24) is 9.38 Å². The lowest BCUT2D eigenvalue weighted by atomic mass is 10.3. The van der Waals surface area contributed by atoms with Crippen molar-refractivity contribution in [2.24, 2.45) is 0 Å². The Hall–Kier alpha value is -2.02. The number of rotatable bonds is 0. The molecule has 0 fully saturated rings. The van der Waals surface area contributed by atoms with E-state index in [9.17, 15) is 0 Å². The third kappa shape index (κ3) is 0.736. The van der Waals surface area contributed by atoms with Gasteiger partial charge in [-0.3, -0.25) is 4.40 Å². The van der Waals surface area contributed by atoms with Crippen LogP contribution in [0.1, 0.15) is 5.56 Å². The van der Waals surface area contributed by atoms with Crippen molar-refractivity contribution in [2.75, 3.05) is 5.73 Å². The summed E-state index contributed by atoms with van der Waals surface area (Å²) < 4.78 is 1.68. The lowest BCUT2D eigenvalue weighted by molar-refractivity contribution is 1.19. The van der Waals surface area contributed by atoms with Crippen molar-refractivity contribution in [3.63, 3.8) is 0 Å². The molecule has 0 aliphatic rings. The van der Waals surface area contributed by atoms with Gasteiger partial charge in [-0.25, -0.2) is 4.98 Å². The van der Waals surface area contributed by atoms with Crippen LogP contribution in [-0.2, 0) is 0 Å². The smallest absolute Gasteiger partial charge is 0.156 e. The Balaban J connectivity index is 2.92. The van der Waals surface area contributed by atoms with Gasteiger partial charge in [0.05, 0.1) is 11.8 Å². The molecule has 0 aliphatic heterocycles. The summed E-state index contributed by atoms with van der Waals surface area (Å²) in [5.41, 5.74) is 6.74. The maximum Gasteiger partial charge on any atom is 0.156 e. The second-order valence-corrected chi connectivity index (χ2v) is 2.41. The number of hydrogen-bond acceptors (Lipinski definition) is 3. The van der Waals surface area contributed by atoms with Crippen molar-refractivity contribution >= 4 is 11.5 Å². The summed E-state index contributed by atoms with van der Waals surface area (Å²) in [6.45, 7) is 0.